The molecule has 226 valence electrons. The first-order chi connectivity index (χ1) is 19.3. The maximum Gasteiger partial charge on any atom is 0.237 e. The molecule has 1 aromatic rings. The molecule has 2 amide bonds. The van der Waals surface area contributed by atoms with Crippen LogP contribution in [-0.2, 0) is 33.3 Å². The van der Waals surface area contributed by atoms with E-state index < -0.39 is 6.04 Å². The minimum Gasteiger partial charge on any atom is -0.379 e. The fourth-order valence-electron chi connectivity index (χ4n) is 3.48. The molecule has 0 aliphatic carbocycles. The van der Waals surface area contributed by atoms with E-state index >= 15 is 0 Å². The average molecular weight is 632 g/mol. The lowest BCUT2D eigenvalue weighted by Gasteiger charge is -2.16. The molecule has 0 radical (unpaired) electrons. The predicted molar refractivity (Wildman–Crippen MR) is 155 cm³/mol. The number of amides is 2. The van der Waals surface area contributed by atoms with E-state index in [9.17, 15) is 9.59 Å². The number of ether oxygens (including phenoxy) is 5. The molecule has 1 rings (SSSR count). The maximum atomic E-state index is 12.4. The van der Waals surface area contributed by atoms with Crippen LogP contribution in [0.25, 0.3) is 10.4 Å². The highest BCUT2D eigenvalue weighted by atomic mass is 79.9. The third-order valence-corrected chi connectivity index (χ3v) is 6.81. The Morgan fingerprint density at radius 3 is 2.00 bits per heavy atom. The van der Waals surface area contributed by atoms with E-state index in [-0.39, 0.29) is 24.7 Å². The Hall–Kier alpha value is -2.29. The molecule has 13 nitrogen and oxygen atoms in total. The molecule has 0 bridgehead atoms. The third-order valence-electron chi connectivity index (χ3n) is 5.59. The fourth-order valence-corrected chi connectivity index (χ4v) is 3.80. The summed E-state index contributed by atoms with van der Waals surface area (Å²) in [6.45, 7) is 10.7. The number of nitrogens with two attached hydrogens (primary N) is 1. The van der Waals surface area contributed by atoms with E-state index in [0.717, 1.165) is 26.9 Å². The summed E-state index contributed by atoms with van der Waals surface area (Å²) in [6, 6.07) is 1.22. The molecule has 40 heavy (non-hydrogen) atoms. The van der Waals surface area contributed by atoms with E-state index in [0.29, 0.717) is 79.2 Å². The highest BCUT2D eigenvalue weighted by Gasteiger charge is 2.16. The topological polar surface area (TPSA) is 179 Å². The van der Waals surface area contributed by atoms with Crippen molar-refractivity contribution in [1.82, 2.24) is 5.32 Å². The van der Waals surface area contributed by atoms with Crippen LogP contribution in [0.15, 0.2) is 15.7 Å². The number of carbonyl (C=O) groups excluding carboxylic acids is 2. The summed E-state index contributed by atoms with van der Waals surface area (Å²) in [5.74, 6) is -0.508. The van der Waals surface area contributed by atoms with Crippen LogP contribution in [0.2, 0.25) is 0 Å². The average Bonchev–Trinajstić information content (AvgIpc) is 2.93. The molecular formula is C26H43BrN6O7. The Labute approximate surface area is 244 Å². The van der Waals surface area contributed by atoms with Crippen LogP contribution in [0.1, 0.15) is 29.5 Å². The van der Waals surface area contributed by atoms with Gasteiger partial charge in [0.15, 0.2) is 0 Å². The number of aryl methyl sites for hydroxylation is 2. The number of halogens is 1. The number of anilines is 1. The summed E-state index contributed by atoms with van der Waals surface area (Å²) in [7, 11) is 0. The second kappa shape index (κ2) is 22.4. The van der Waals surface area contributed by atoms with Crippen molar-refractivity contribution in [2.24, 2.45) is 10.8 Å². The van der Waals surface area contributed by atoms with Crippen molar-refractivity contribution >= 4 is 33.4 Å². The van der Waals surface area contributed by atoms with Crippen molar-refractivity contribution < 1.29 is 33.3 Å². The first kappa shape index (κ1) is 35.7. The summed E-state index contributed by atoms with van der Waals surface area (Å²) in [6.07, 6.45) is 0.375. The monoisotopic (exact) mass is 630 g/mol. The minimum atomic E-state index is -0.782. The van der Waals surface area contributed by atoms with Gasteiger partial charge in [-0.1, -0.05) is 27.1 Å². The molecule has 0 saturated heterocycles. The molecular weight excluding hydrogens is 588 g/mol. The molecule has 14 heteroatoms. The first-order valence-electron chi connectivity index (χ1n) is 13.3. The van der Waals surface area contributed by atoms with Gasteiger partial charge in [-0.05, 0) is 49.4 Å². The second-order valence-corrected chi connectivity index (χ2v) is 9.62. The number of benzene rings is 1. The molecule has 1 unspecified atom stereocenters. The Morgan fingerprint density at radius 1 is 0.925 bits per heavy atom. The first-order valence-corrected chi connectivity index (χ1v) is 14.1. The van der Waals surface area contributed by atoms with E-state index in [4.69, 9.17) is 34.9 Å². The van der Waals surface area contributed by atoms with Crippen molar-refractivity contribution in [1.29, 1.82) is 0 Å². The summed E-state index contributed by atoms with van der Waals surface area (Å²) in [5, 5.41) is 9.01. The number of nitrogens with zero attached hydrogens (tertiary/aromatic N) is 3. The highest BCUT2D eigenvalue weighted by molar-refractivity contribution is 9.10. The van der Waals surface area contributed by atoms with Crippen molar-refractivity contribution in [3.8, 4) is 0 Å². The van der Waals surface area contributed by atoms with Gasteiger partial charge in [-0.25, -0.2) is 0 Å². The van der Waals surface area contributed by atoms with Crippen molar-refractivity contribution in [2.45, 2.75) is 39.7 Å². The Balaban J connectivity index is 1.97. The van der Waals surface area contributed by atoms with Crippen LogP contribution in [0.3, 0.4) is 0 Å². The number of azide groups is 1. The molecule has 1 aromatic carbocycles. The summed E-state index contributed by atoms with van der Waals surface area (Å²) >= 11 is 3.55. The molecule has 0 aromatic heterocycles. The van der Waals surface area contributed by atoms with E-state index in [1.807, 2.05) is 26.8 Å². The van der Waals surface area contributed by atoms with Crippen LogP contribution in [-0.4, -0.2) is 97.0 Å². The van der Waals surface area contributed by atoms with Crippen molar-refractivity contribution in [3.05, 3.63) is 37.7 Å². The van der Waals surface area contributed by atoms with Crippen LogP contribution < -0.4 is 16.4 Å². The Morgan fingerprint density at radius 2 is 1.45 bits per heavy atom. The lowest BCUT2D eigenvalue weighted by molar-refractivity contribution is -0.123. The predicted octanol–water partition coefficient (Wildman–Crippen LogP) is 2.93. The van der Waals surface area contributed by atoms with Crippen LogP contribution in [0.4, 0.5) is 5.69 Å². The number of hydrogen-bond donors (Lipinski definition) is 3. The molecule has 0 aliphatic heterocycles. The lowest BCUT2D eigenvalue weighted by atomic mass is 10.0. The molecule has 4 N–H and O–H groups in total. The van der Waals surface area contributed by atoms with Gasteiger partial charge in [0.05, 0.1) is 72.1 Å². The largest absolute Gasteiger partial charge is 0.379 e. The Kier molecular flexibility index (Phi) is 20.0. The molecule has 0 saturated carbocycles. The zero-order chi connectivity index (χ0) is 29.6. The maximum absolute atomic E-state index is 12.4. The molecule has 0 heterocycles. The van der Waals surface area contributed by atoms with Gasteiger partial charge in [-0.15, -0.1) is 0 Å². The Bertz CT molecular complexity index is 947. The van der Waals surface area contributed by atoms with Gasteiger partial charge in [-0.2, -0.15) is 0 Å². The summed E-state index contributed by atoms with van der Waals surface area (Å²) < 4.78 is 27.8. The van der Waals surface area contributed by atoms with Gasteiger partial charge in [0.25, 0.3) is 0 Å². The van der Waals surface area contributed by atoms with Crippen LogP contribution in [0, 0.1) is 20.8 Å². The van der Waals surface area contributed by atoms with E-state index in [1.54, 1.807) is 0 Å². The van der Waals surface area contributed by atoms with Gasteiger partial charge in [-0.3, -0.25) is 9.59 Å². The molecule has 0 aliphatic rings. The molecule has 1 atom stereocenters. The third kappa shape index (κ3) is 16.1. The summed E-state index contributed by atoms with van der Waals surface area (Å²) in [5.41, 5.74) is 17.9. The highest BCUT2D eigenvalue weighted by Crippen LogP contribution is 2.30. The zero-order valence-electron chi connectivity index (χ0n) is 23.7. The number of nitrogens with one attached hydrogen (secondary N) is 2. The zero-order valence-corrected chi connectivity index (χ0v) is 25.3. The SMILES string of the molecule is Cc1cc(C)c(NC(=O)CCC(N)C(=O)NCCOCCOCCOCCOCCOCCN=[N+]=[N-])c(C)c1Br. The number of carbonyl (C=O) groups is 2. The van der Waals surface area contributed by atoms with Crippen molar-refractivity contribution in [2.75, 3.05) is 84.5 Å². The number of hydrogen-bond acceptors (Lipinski definition) is 9. The van der Waals surface area contributed by atoms with Gasteiger partial charge < -0.3 is 40.1 Å². The molecule has 0 spiro atoms. The fraction of sp³-hybridized carbons (Fsp3) is 0.692. The number of rotatable bonds is 23. The van der Waals surface area contributed by atoms with Crippen LogP contribution in [0.5, 0.6) is 0 Å². The lowest BCUT2D eigenvalue weighted by Crippen LogP contribution is -2.42. The van der Waals surface area contributed by atoms with Gasteiger partial charge in [0.1, 0.15) is 0 Å². The molecule has 0 fully saturated rings. The van der Waals surface area contributed by atoms with Crippen LogP contribution >= 0.6 is 15.9 Å². The normalized spacial score (nSPS) is 11.6. The van der Waals surface area contributed by atoms with E-state index in [2.05, 4.69) is 36.6 Å². The summed E-state index contributed by atoms with van der Waals surface area (Å²) in [4.78, 5) is 27.2. The van der Waals surface area contributed by atoms with Crippen molar-refractivity contribution in [3.63, 3.8) is 0 Å². The second-order valence-electron chi connectivity index (χ2n) is 8.83. The smallest absolute Gasteiger partial charge is 0.237 e. The van der Waals surface area contributed by atoms with Gasteiger partial charge >= 0.3 is 0 Å². The van der Waals surface area contributed by atoms with Gasteiger partial charge in [0.2, 0.25) is 11.8 Å². The standard InChI is InChI=1S/C26H43BrN6O7/c1-19-18-20(2)25(21(3)24(19)27)32-23(34)5-4-22(28)26(35)30-6-8-36-10-12-38-14-16-40-17-15-39-13-11-37-9-7-31-33-29/h18,22H,4-17,28H2,1-3H3,(H,30,35)(H,32,34). The minimum absolute atomic E-state index is 0.139. The van der Waals surface area contributed by atoms with E-state index in [1.165, 1.54) is 0 Å². The van der Waals surface area contributed by atoms with Gasteiger partial charge in [0, 0.05) is 34.6 Å². The quantitative estimate of drug-likeness (QED) is 0.0714.